The first-order valence-corrected chi connectivity index (χ1v) is 12.0. The van der Waals surface area contributed by atoms with Gasteiger partial charge in [0.1, 0.15) is 0 Å². The smallest absolute Gasteiger partial charge is 0.364 e. The van der Waals surface area contributed by atoms with Gasteiger partial charge < -0.3 is 10.2 Å². The summed E-state index contributed by atoms with van der Waals surface area (Å²) < 4.78 is 41.9. The summed E-state index contributed by atoms with van der Waals surface area (Å²) in [6, 6.07) is 9.16. The molecule has 1 aliphatic rings. The number of halogens is 4. The third-order valence-corrected chi connectivity index (χ3v) is 6.52. The highest BCUT2D eigenvalue weighted by Crippen LogP contribution is 2.34. The fraction of sp³-hybridized carbons (Fsp3) is 0.292. The Morgan fingerprint density at radius 1 is 1.20 bits per heavy atom. The van der Waals surface area contributed by atoms with Crippen LogP contribution in [0.5, 0.6) is 0 Å². The molecule has 2 heterocycles. The van der Waals surface area contributed by atoms with Crippen LogP contribution in [0.2, 0.25) is 5.02 Å². The van der Waals surface area contributed by atoms with Crippen LogP contribution in [-0.2, 0) is 17.5 Å². The molecule has 0 saturated heterocycles. The minimum atomic E-state index is -4.52. The van der Waals surface area contributed by atoms with Crippen LogP contribution in [0.1, 0.15) is 23.1 Å². The van der Waals surface area contributed by atoms with Gasteiger partial charge in [0.15, 0.2) is 5.17 Å². The molecule has 1 amide bonds. The molecular formula is C24H23ClF3N5OS. The van der Waals surface area contributed by atoms with Gasteiger partial charge in [-0.2, -0.15) is 23.3 Å². The van der Waals surface area contributed by atoms with E-state index in [1.165, 1.54) is 28.6 Å². The summed E-state index contributed by atoms with van der Waals surface area (Å²) in [7, 11) is 4.01. The lowest BCUT2D eigenvalue weighted by atomic mass is 10.1. The third-order valence-electron chi connectivity index (χ3n) is 5.34. The van der Waals surface area contributed by atoms with Crippen LogP contribution in [0.3, 0.4) is 0 Å². The number of hydrogen-bond acceptors (Lipinski definition) is 5. The normalized spacial score (nSPS) is 15.5. The molecule has 1 N–H and O–H groups in total. The lowest BCUT2D eigenvalue weighted by Crippen LogP contribution is -2.24. The predicted octanol–water partition coefficient (Wildman–Crippen LogP) is 5.27. The van der Waals surface area contributed by atoms with Gasteiger partial charge in [-0.05, 0) is 80.3 Å². The summed E-state index contributed by atoms with van der Waals surface area (Å²) in [5, 5.41) is 8.82. The number of aliphatic imine (C=N–C) groups is 1. The van der Waals surface area contributed by atoms with E-state index in [1.54, 1.807) is 24.4 Å². The van der Waals surface area contributed by atoms with Crippen LogP contribution in [0.25, 0.3) is 17.0 Å². The number of nitrogens with zero attached hydrogens (tertiary/aromatic N) is 4. The number of thioether (sulfide) groups is 1. The van der Waals surface area contributed by atoms with Crippen LogP contribution in [0, 0.1) is 0 Å². The summed E-state index contributed by atoms with van der Waals surface area (Å²) in [4.78, 5) is 18.9. The van der Waals surface area contributed by atoms with Gasteiger partial charge in [-0.3, -0.25) is 9.48 Å². The van der Waals surface area contributed by atoms with E-state index in [2.05, 4.69) is 20.3 Å². The van der Waals surface area contributed by atoms with Crippen LogP contribution < -0.4 is 5.32 Å². The number of alkyl halides is 3. The van der Waals surface area contributed by atoms with Crippen molar-refractivity contribution < 1.29 is 18.0 Å². The number of aromatic nitrogens is 2. The van der Waals surface area contributed by atoms with E-state index >= 15 is 0 Å². The van der Waals surface area contributed by atoms with Gasteiger partial charge >= 0.3 is 6.18 Å². The van der Waals surface area contributed by atoms with Crippen molar-refractivity contribution in [2.24, 2.45) is 4.99 Å². The van der Waals surface area contributed by atoms with Gasteiger partial charge in [0, 0.05) is 17.0 Å². The number of nitrogens with one attached hydrogen (secondary N) is 1. The van der Waals surface area contributed by atoms with E-state index in [0.29, 0.717) is 15.6 Å². The lowest BCUT2D eigenvalue weighted by molar-refractivity contribution is -0.138. The Morgan fingerprint density at radius 3 is 2.74 bits per heavy atom. The zero-order chi connectivity index (χ0) is 25.2. The van der Waals surface area contributed by atoms with Crippen molar-refractivity contribution >= 4 is 51.4 Å². The number of hydrogen-bond donors (Lipinski definition) is 1. The number of amidine groups is 1. The van der Waals surface area contributed by atoms with E-state index in [0.717, 1.165) is 36.5 Å². The van der Waals surface area contributed by atoms with Crippen molar-refractivity contribution in [3.8, 4) is 0 Å². The van der Waals surface area contributed by atoms with Gasteiger partial charge in [0.25, 0.3) is 5.91 Å². The van der Waals surface area contributed by atoms with Gasteiger partial charge in [-0.15, -0.1) is 0 Å². The molecule has 0 saturated carbocycles. The van der Waals surface area contributed by atoms with E-state index < -0.39 is 11.7 Å². The standard InChI is InChI=1S/C24H23ClF3N5OS/c1-32(2)9-3-8-29-23-31-22(34)21(35-23)11-15-4-7-20-17(10-15)13-30-33(20)14-16-5-6-18(25)12-19(16)24(26,27)28/h4-7,10-13H,3,8-9,14H2,1-2H3,(H,29,31,34)/b21-11-. The molecule has 1 aliphatic heterocycles. The Morgan fingerprint density at radius 2 is 2.00 bits per heavy atom. The summed E-state index contributed by atoms with van der Waals surface area (Å²) >= 11 is 7.07. The van der Waals surface area contributed by atoms with Crippen molar-refractivity contribution in [1.29, 1.82) is 0 Å². The number of benzene rings is 2. The molecule has 184 valence electrons. The molecule has 6 nitrogen and oxygen atoms in total. The predicted molar refractivity (Wildman–Crippen MR) is 134 cm³/mol. The van der Waals surface area contributed by atoms with E-state index in [4.69, 9.17) is 11.6 Å². The highest BCUT2D eigenvalue weighted by atomic mass is 35.5. The third kappa shape index (κ3) is 6.25. The van der Waals surface area contributed by atoms with Crippen molar-refractivity contribution in [2.45, 2.75) is 19.1 Å². The Kier molecular flexibility index (Phi) is 7.53. The Labute approximate surface area is 209 Å². The Hall–Kier alpha value is -2.82. The zero-order valence-electron chi connectivity index (χ0n) is 19.1. The first kappa shape index (κ1) is 25.3. The highest BCUT2D eigenvalue weighted by molar-refractivity contribution is 8.18. The molecule has 1 aromatic heterocycles. The fourth-order valence-corrected chi connectivity index (χ4v) is 4.67. The molecule has 11 heteroatoms. The summed E-state index contributed by atoms with van der Waals surface area (Å²) in [6.45, 7) is 1.60. The average Bonchev–Trinajstić information content (AvgIpc) is 3.34. The van der Waals surface area contributed by atoms with E-state index in [-0.39, 0.29) is 23.0 Å². The average molecular weight is 522 g/mol. The first-order chi connectivity index (χ1) is 16.6. The maximum absolute atomic E-state index is 13.5. The molecule has 3 aromatic rings. The van der Waals surface area contributed by atoms with Gasteiger partial charge in [0.2, 0.25) is 0 Å². The van der Waals surface area contributed by atoms with Crippen molar-refractivity contribution in [3.63, 3.8) is 0 Å². The van der Waals surface area contributed by atoms with E-state index in [9.17, 15) is 18.0 Å². The van der Waals surface area contributed by atoms with Crippen LogP contribution in [-0.4, -0.2) is 52.9 Å². The number of carbonyl (C=O) groups excluding carboxylic acids is 1. The fourth-order valence-electron chi connectivity index (χ4n) is 3.66. The Bertz CT molecular complexity index is 1320. The first-order valence-electron chi connectivity index (χ1n) is 10.8. The topological polar surface area (TPSA) is 62.5 Å². The number of rotatable bonds is 7. The lowest BCUT2D eigenvalue weighted by Gasteiger charge is -2.14. The maximum Gasteiger partial charge on any atom is 0.416 e. The molecule has 0 spiro atoms. The quantitative estimate of drug-likeness (QED) is 0.339. The van der Waals surface area contributed by atoms with Crippen LogP contribution >= 0.6 is 23.4 Å². The monoisotopic (exact) mass is 521 g/mol. The minimum Gasteiger partial charge on any atom is -0.364 e. The second-order valence-corrected chi connectivity index (χ2v) is 9.80. The second kappa shape index (κ2) is 10.4. The van der Waals surface area contributed by atoms with Crippen LogP contribution in [0.4, 0.5) is 13.2 Å². The molecule has 35 heavy (non-hydrogen) atoms. The number of amides is 1. The molecule has 0 unspecified atom stereocenters. The molecule has 2 aromatic carbocycles. The van der Waals surface area contributed by atoms with Crippen molar-refractivity contribution in [2.75, 3.05) is 27.2 Å². The maximum atomic E-state index is 13.5. The molecule has 4 rings (SSSR count). The van der Waals surface area contributed by atoms with E-state index in [1.807, 2.05) is 20.2 Å². The van der Waals surface area contributed by atoms with Gasteiger partial charge in [-0.1, -0.05) is 23.7 Å². The van der Waals surface area contributed by atoms with Crippen LogP contribution in [0.15, 0.2) is 52.5 Å². The summed E-state index contributed by atoms with van der Waals surface area (Å²) in [5.41, 5.74) is 0.756. The number of fused-ring (bicyclic) bond motifs is 1. The van der Waals surface area contributed by atoms with Gasteiger partial charge in [0.05, 0.1) is 28.7 Å². The van der Waals surface area contributed by atoms with Crippen molar-refractivity contribution in [1.82, 2.24) is 20.0 Å². The molecule has 0 radical (unpaired) electrons. The molecule has 0 atom stereocenters. The summed E-state index contributed by atoms with van der Waals surface area (Å²) in [6.07, 6.45) is -0.238. The molecule has 0 aliphatic carbocycles. The number of carbonyl (C=O) groups is 1. The van der Waals surface area contributed by atoms with Crippen molar-refractivity contribution in [3.05, 3.63) is 69.2 Å². The second-order valence-electron chi connectivity index (χ2n) is 8.34. The molecular weight excluding hydrogens is 499 g/mol. The largest absolute Gasteiger partial charge is 0.416 e. The summed E-state index contributed by atoms with van der Waals surface area (Å²) in [5.74, 6) is -0.302. The van der Waals surface area contributed by atoms with Gasteiger partial charge in [-0.25, -0.2) is 0 Å². The Balaban J connectivity index is 1.48. The zero-order valence-corrected chi connectivity index (χ0v) is 20.6. The minimum absolute atomic E-state index is 0.0271. The SMILES string of the molecule is CN(C)CCCNC1=NC(=O)/C(=C/c2ccc3c(cnn3Cc3ccc(Cl)cc3C(F)(F)F)c2)S1. The highest BCUT2D eigenvalue weighted by Gasteiger charge is 2.33. The molecule has 0 fully saturated rings. The molecule has 0 bridgehead atoms.